The van der Waals surface area contributed by atoms with Crippen molar-refractivity contribution in [3.63, 3.8) is 0 Å². The number of benzene rings is 7. The van der Waals surface area contributed by atoms with Crippen LogP contribution in [0.1, 0.15) is 0 Å². The van der Waals surface area contributed by atoms with E-state index in [0.717, 1.165) is 22.3 Å². The molecule has 2 heterocycles. The highest BCUT2D eigenvalue weighted by atomic mass is 32.1. The molecular weight excluding hydrogens is 734 g/mol. The van der Waals surface area contributed by atoms with E-state index < -0.39 is 0 Å². The maximum absolute atomic E-state index is 5.45. The normalized spacial score (nSPS) is 11.4. The van der Waals surface area contributed by atoms with Crippen molar-refractivity contribution in [1.29, 1.82) is 0 Å². The van der Waals surface area contributed by atoms with Crippen LogP contribution in [0.25, 0.3) is 87.7 Å². The van der Waals surface area contributed by atoms with E-state index >= 15 is 0 Å². The van der Waals surface area contributed by atoms with Gasteiger partial charge in [0.1, 0.15) is 86.3 Å². The summed E-state index contributed by atoms with van der Waals surface area (Å²) < 4.78 is 2.59. The van der Waals surface area contributed by atoms with E-state index in [9.17, 15) is 0 Å². The molecule has 2 aromatic heterocycles. The van der Waals surface area contributed by atoms with E-state index in [-0.39, 0.29) is 0 Å². The Labute approximate surface area is 367 Å². The van der Waals surface area contributed by atoms with Gasteiger partial charge in [-0.15, -0.1) is 38.7 Å². The molecule has 0 spiro atoms. The molecule has 0 saturated carbocycles. The van der Waals surface area contributed by atoms with E-state index in [1.165, 1.54) is 108 Å². The third-order valence-electron chi connectivity index (χ3n) is 13.6. The Morgan fingerprint density at radius 3 is 1.13 bits per heavy atom. The van der Waals surface area contributed by atoms with Crippen molar-refractivity contribution >= 4 is 178 Å². The fourth-order valence-electron chi connectivity index (χ4n) is 9.36. The van der Waals surface area contributed by atoms with Gasteiger partial charge in [-0.05, 0) is 44.2 Å². The summed E-state index contributed by atoms with van der Waals surface area (Å²) in [5, 5.41) is 2.67. The summed E-state index contributed by atoms with van der Waals surface area (Å²) >= 11 is 1.90. The molecule has 274 valence electrons. The lowest BCUT2D eigenvalue weighted by atomic mass is 9.58. The van der Waals surface area contributed by atoms with Gasteiger partial charge in [0.2, 0.25) is 0 Å². The minimum Gasteiger partial charge on any atom is -0.208 e. The summed E-state index contributed by atoms with van der Waals surface area (Å²) in [6.07, 6.45) is 0. The smallest absolute Gasteiger partial charge is 0.164 e. The van der Waals surface area contributed by atoms with Gasteiger partial charge in [-0.2, -0.15) is 0 Å². The monoisotopic (exact) mass is 775 g/mol. The van der Waals surface area contributed by atoms with Crippen LogP contribution in [0.2, 0.25) is 0 Å². The van der Waals surface area contributed by atoms with Crippen LogP contribution in [0.5, 0.6) is 0 Å². The second kappa shape index (κ2) is 15.5. The van der Waals surface area contributed by atoms with Crippen LogP contribution in [0, 0.1) is 0 Å². The zero-order valence-corrected chi connectivity index (χ0v) is 37.5. The van der Waals surface area contributed by atoms with Crippen LogP contribution >= 0.6 is 11.3 Å². The molecule has 0 aliphatic heterocycles. The van der Waals surface area contributed by atoms with Crippen molar-refractivity contribution in [1.82, 2.24) is 15.0 Å². The zero-order valence-electron chi connectivity index (χ0n) is 36.6. The van der Waals surface area contributed by atoms with Crippen LogP contribution in [0.3, 0.4) is 0 Å². The maximum atomic E-state index is 5.45. The van der Waals surface area contributed by atoms with E-state index in [0.29, 0.717) is 17.5 Å². The molecule has 0 atom stereocenters. The van der Waals surface area contributed by atoms with Crippen LogP contribution in [0.4, 0.5) is 0 Å². The Morgan fingerprint density at radius 2 is 0.617 bits per heavy atom. The number of hydrogen-bond acceptors (Lipinski definition) is 4. The fourth-order valence-corrected chi connectivity index (χ4v) is 10.9. The lowest BCUT2D eigenvalue weighted by molar-refractivity contribution is 1.08. The molecule has 0 fully saturated rings. The summed E-state index contributed by atoms with van der Waals surface area (Å²) in [7, 11) is 25.2. The standard InChI is InChI=1S/C45H40B11N3S/c46-30-25(26-32(48)35(51)38(54)36(52)33(26)49)31(47)29(41-27(30)28-34(50)37(53)39(55)40(56)42(28)60-41)45-58-43(23-9-5-2-6-10-23)57-44(59-45)24-17-15-22(16-18-24)21-13-11-20(12-14-21)19-7-3-1-4-8-19/h1-18H,46-56H2. The first-order valence-electron chi connectivity index (χ1n) is 21.0. The Kier molecular flexibility index (Phi) is 10.3. The van der Waals surface area contributed by atoms with E-state index in [1.807, 2.05) is 17.4 Å². The molecule has 60 heavy (non-hydrogen) atoms. The summed E-state index contributed by atoms with van der Waals surface area (Å²) in [6.45, 7) is 0. The summed E-state index contributed by atoms with van der Waals surface area (Å²) in [5.74, 6) is 2.03. The van der Waals surface area contributed by atoms with Crippen molar-refractivity contribution in [2.75, 3.05) is 0 Å². The second-order valence-corrected chi connectivity index (χ2v) is 17.7. The Hall–Kier alpha value is -5.52. The molecule has 15 heteroatoms. The van der Waals surface area contributed by atoms with E-state index in [2.05, 4.69) is 189 Å². The van der Waals surface area contributed by atoms with Crippen LogP contribution in [-0.2, 0) is 0 Å². The molecule has 0 bridgehead atoms. The highest BCUT2D eigenvalue weighted by molar-refractivity contribution is 7.28. The highest BCUT2D eigenvalue weighted by Gasteiger charge is 2.27. The van der Waals surface area contributed by atoms with Crippen molar-refractivity contribution in [2.45, 2.75) is 0 Å². The molecule has 3 nitrogen and oxygen atoms in total. The Morgan fingerprint density at radius 1 is 0.267 bits per heavy atom. The highest BCUT2D eigenvalue weighted by Crippen LogP contribution is 2.38. The number of hydrogen-bond donors (Lipinski definition) is 0. The van der Waals surface area contributed by atoms with Gasteiger partial charge in [0.05, 0.1) is 0 Å². The Balaban J connectivity index is 1.31. The molecule has 0 amide bonds. The van der Waals surface area contributed by atoms with Crippen molar-refractivity contribution in [2.24, 2.45) is 0 Å². The van der Waals surface area contributed by atoms with Gasteiger partial charge in [0.25, 0.3) is 0 Å². The molecule has 9 aromatic rings. The van der Waals surface area contributed by atoms with Gasteiger partial charge in [-0.1, -0.05) is 142 Å². The number of fused-ring (bicyclic) bond motifs is 3. The van der Waals surface area contributed by atoms with E-state index in [1.54, 1.807) is 0 Å². The van der Waals surface area contributed by atoms with Gasteiger partial charge in [-0.25, -0.2) is 15.0 Å². The first-order valence-corrected chi connectivity index (χ1v) is 21.8. The SMILES string of the molecule is Bc1c(B)c(B)c(-c2c(B)c(-c3nc(-c4ccccc4)nc(-c4ccc(-c5ccc(-c6ccccc6)cc5)cc4)n3)c3sc4c(B)c(B)c(B)c(B)c4c3c2B)c(B)c1B. The summed E-state index contributed by atoms with van der Waals surface area (Å²) in [6, 6.07) is 38.3. The molecule has 7 aromatic carbocycles. The van der Waals surface area contributed by atoms with Crippen LogP contribution in [0.15, 0.2) is 109 Å². The van der Waals surface area contributed by atoms with Gasteiger partial charge in [0, 0.05) is 26.1 Å². The number of aromatic nitrogens is 3. The van der Waals surface area contributed by atoms with Gasteiger partial charge >= 0.3 is 0 Å². The molecular formula is C45H40B11N3S. The molecule has 0 unspecified atom stereocenters. The number of rotatable bonds is 6. The quantitative estimate of drug-likeness (QED) is 0.158. The average molecular weight is 774 g/mol. The third kappa shape index (κ3) is 6.48. The lowest BCUT2D eigenvalue weighted by Gasteiger charge is -2.25. The predicted octanol–water partition coefficient (Wildman–Crippen LogP) is -6.92. The van der Waals surface area contributed by atoms with Crippen LogP contribution in [-0.4, -0.2) is 101 Å². The zero-order chi connectivity index (χ0) is 42.1. The first kappa shape index (κ1) is 39.9. The molecule has 0 radical (unpaired) electrons. The largest absolute Gasteiger partial charge is 0.208 e. The molecule has 0 aliphatic carbocycles. The lowest BCUT2D eigenvalue weighted by Crippen LogP contribution is -2.56. The minimum atomic E-state index is 0.661. The van der Waals surface area contributed by atoms with Gasteiger partial charge in [0.15, 0.2) is 17.5 Å². The van der Waals surface area contributed by atoms with Crippen LogP contribution < -0.4 is 60.1 Å². The number of thiophene rings is 1. The van der Waals surface area contributed by atoms with Crippen molar-refractivity contribution < 1.29 is 0 Å². The Bertz CT molecular complexity index is 3170. The number of nitrogens with zero attached hydrogens (tertiary/aromatic N) is 3. The van der Waals surface area contributed by atoms with E-state index in [4.69, 9.17) is 15.0 Å². The molecule has 9 rings (SSSR count). The van der Waals surface area contributed by atoms with Crippen molar-refractivity contribution in [3.8, 4) is 67.5 Å². The molecule has 0 saturated heterocycles. The molecule has 0 N–H and O–H groups in total. The minimum absolute atomic E-state index is 0.661. The van der Waals surface area contributed by atoms with Gasteiger partial charge in [-0.3, -0.25) is 0 Å². The van der Waals surface area contributed by atoms with Gasteiger partial charge < -0.3 is 0 Å². The van der Waals surface area contributed by atoms with Crippen molar-refractivity contribution in [3.05, 3.63) is 109 Å². The first-order chi connectivity index (χ1) is 28.8. The maximum Gasteiger partial charge on any atom is 0.164 e. The third-order valence-corrected chi connectivity index (χ3v) is 15.0. The summed E-state index contributed by atoms with van der Waals surface area (Å²) in [5.41, 5.74) is 25.1. The molecule has 0 aliphatic rings. The second-order valence-electron chi connectivity index (χ2n) is 16.7. The predicted molar refractivity (Wildman–Crippen MR) is 295 cm³/mol. The topological polar surface area (TPSA) is 38.7 Å². The average Bonchev–Trinajstić information content (AvgIpc) is 3.69. The fraction of sp³-hybridized carbons (Fsp3) is 0. The summed E-state index contributed by atoms with van der Waals surface area (Å²) in [4.78, 5) is 16.0.